The van der Waals surface area contributed by atoms with Crippen LogP contribution in [0.25, 0.3) is 0 Å². The van der Waals surface area contributed by atoms with Crippen LogP contribution in [0.5, 0.6) is 0 Å². The third-order valence-corrected chi connectivity index (χ3v) is 2.54. The van der Waals surface area contributed by atoms with Gasteiger partial charge in [-0.15, -0.1) is 0 Å². The van der Waals surface area contributed by atoms with Gasteiger partial charge in [0.2, 0.25) is 0 Å². The standard InChI is InChI=1S/C9H12Cl2N2O/c10-6-4-13-5-7(11)9(6)8(12)2-1-3-14/h4-5,8,14H,1-3,12H2/t8-/m0/s1. The first kappa shape index (κ1) is 11.7. The topological polar surface area (TPSA) is 59.1 Å². The van der Waals surface area contributed by atoms with Crippen molar-refractivity contribution in [2.24, 2.45) is 5.73 Å². The fourth-order valence-corrected chi connectivity index (χ4v) is 1.88. The summed E-state index contributed by atoms with van der Waals surface area (Å²) in [5.74, 6) is 0. The fraction of sp³-hybridized carbons (Fsp3) is 0.444. The van der Waals surface area contributed by atoms with Crippen molar-refractivity contribution in [3.05, 3.63) is 28.0 Å². The highest BCUT2D eigenvalue weighted by atomic mass is 35.5. The van der Waals surface area contributed by atoms with Crippen molar-refractivity contribution in [2.75, 3.05) is 6.61 Å². The molecular weight excluding hydrogens is 223 g/mol. The Hall–Kier alpha value is -0.350. The van der Waals surface area contributed by atoms with E-state index in [0.717, 1.165) is 0 Å². The molecule has 0 fully saturated rings. The first-order valence-electron chi connectivity index (χ1n) is 4.32. The van der Waals surface area contributed by atoms with Gasteiger partial charge < -0.3 is 10.8 Å². The maximum Gasteiger partial charge on any atom is 0.0651 e. The Balaban J connectivity index is 2.82. The molecule has 3 nitrogen and oxygen atoms in total. The summed E-state index contributed by atoms with van der Waals surface area (Å²) in [4.78, 5) is 3.84. The molecular formula is C9H12Cl2N2O. The van der Waals surface area contributed by atoms with Crippen molar-refractivity contribution in [2.45, 2.75) is 18.9 Å². The predicted molar refractivity (Wildman–Crippen MR) is 57.5 cm³/mol. The zero-order chi connectivity index (χ0) is 10.6. The lowest BCUT2D eigenvalue weighted by Crippen LogP contribution is -2.12. The monoisotopic (exact) mass is 234 g/mol. The van der Waals surface area contributed by atoms with E-state index >= 15 is 0 Å². The molecule has 0 amide bonds. The molecule has 0 aliphatic carbocycles. The predicted octanol–water partition coefficient (Wildman–Crippen LogP) is 2.16. The molecule has 1 heterocycles. The van der Waals surface area contributed by atoms with Gasteiger partial charge >= 0.3 is 0 Å². The van der Waals surface area contributed by atoms with Gasteiger partial charge in [-0.1, -0.05) is 23.2 Å². The van der Waals surface area contributed by atoms with Crippen LogP contribution in [-0.4, -0.2) is 16.7 Å². The van der Waals surface area contributed by atoms with E-state index in [1.807, 2.05) is 0 Å². The zero-order valence-corrected chi connectivity index (χ0v) is 9.09. The molecule has 78 valence electrons. The summed E-state index contributed by atoms with van der Waals surface area (Å²) in [5.41, 5.74) is 6.58. The molecule has 0 bridgehead atoms. The summed E-state index contributed by atoms with van der Waals surface area (Å²) in [6, 6.07) is -0.245. The van der Waals surface area contributed by atoms with Gasteiger partial charge in [0.1, 0.15) is 0 Å². The van der Waals surface area contributed by atoms with Crippen LogP contribution in [0.1, 0.15) is 24.4 Å². The first-order chi connectivity index (χ1) is 6.66. The Morgan fingerprint density at radius 3 is 2.43 bits per heavy atom. The molecule has 1 rings (SSSR count). The molecule has 0 aromatic carbocycles. The zero-order valence-electron chi connectivity index (χ0n) is 7.58. The largest absolute Gasteiger partial charge is 0.396 e. The Bertz CT molecular complexity index is 287. The second-order valence-electron chi connectivity index (χ2n) is 2.99. The highest BCUT2D eigenvalue weighted by Crippen LogP contribution is 2.29. The lowest BCUT2D eigenvalue weighted by atomic mass is 10.0. The summed E-state index contributed by atoms with van der Waals surface area (Å²) in [6.45, 7) is 0.119. The quantitative estimate of drug-likeness (QED) is 0.840. The molecule has 14 heavy (non-hydrogen) atoms. The van der Waals surface area contributed by atoms with E-state index in [2.05, 4.69) is 4.98 Å². The van der Waals surface area contributed by atoms with Crippen LogP contribution in [0.4, 0.5) is 0 Å². The van der Waals surface area contributed by atoms with Gasteiger partial charge in [-0.2, -0.15) is 0 Å². The minimum atomic E-state index is -0.245. The van der Waals surface area contributed by atoms with Crippen molar-refractivity contribution < 1.29 is 5.11 Å². The van der Waals surface area contributed by atoms with E-state index in [4.69, 9.17) is 34.0 Å². The number of rotatable bonds is 4. The lowest BCUT2D eigenvalue weighted by molar-refractivity contribution is 0.280. The number of nitrogens with two attached hydrogens (primary N) is 1. The van der Waals surface area contributed by atoms with Crippen LogP contribution in [0.2, 0.25) is 10.0 Å². The molecule has 1 atom stereocenters. The van der Waals surface area contributed by atoms with Gasteiger partial charge in [0.15, 0.2) is 0 Å². The Morgan fingerprint density at radius 2 is 1.93 bits per heavy atom. The first-order valence-corrected chi connectivity index (χ1v) is 5.07. The molecule has 0 radical (unpaired) electrons. The van der Waals surface area contributed by atoms with Gasteiger partial charge in [-0.25, -0.2) is 0 Å². The van der Waals surface area contributed by atoms with E-state index in [-0.39, 0.29) is 12.6 Å². The molecule has 3 N–H and O–H groups in total. The van der Waals surface area contributed by atoms with E-state index in [0.29, 0.717) is 28.5 Å². The molecule has 5 heteroatoms. The normalized spacial score (nSPS) is 12.9. The maximum atomic E-state index is 8.67. The Kier molecular flexibility index (Phi) is 4.62. The lowest BCUT2D eigenvalue weighted by Gasteiger charge is -2.13. The van der Waals surface area contributed by atoms with Crippen molar-refractivity contribution in [1.82, 2.24) is 4.98 Å². The fourth-order valence-electron chi connectivity index (χ4n) is 1.23. The van der Waals surface area contributed by atoms with Crippen LogP contribution in [0, 0.1) is 0 Å². The Morgan fingerprint density at radius 1 is 1.36 bits per heavy atom. The smallest absolute Gasteiger partial charge is 0.0651 e. The number of halogens is 2. The molecule has 1 aromatic heterocycles. The second kappa shape index (κ2) is 5.51. The number of pyridine rings is 1. The van der Waals surface area contributed by atoms with E-state index < -0.39 is 0 Å². The van der Waals surface area contributed by atoms with Crippen LogP contribution >= 0.6 is 23.2 Å². The summed E-state index contributed by atoms with van der Waals surface area (Å²) in [5, 5.41) is 9.62. The third kappa shape index (κ3) is 2.82. The number of aromatic nitrogens is 1. The minimum Gasteiger partial charge on any atom is -0.396 e. The minimum absolute atomic E-state index is 0.119. The van der Waals surface area contributed by atoms with Crippen LogP contribution in [-0.2, 0) is 0 Å². The molecule has 0 spiro atoms. The van der Waals surface area contributed by atoms with Gasteiger partial charge in [0.25, 0.3) is 0 Å². The van der Waals surface area contributed by atoms with Gasteiger partial charge in [-0.3, -0.25) is 4.98 Å². The van der Waals surface area contributed by atoms with E-state index in [9.17, 15) is 0 Å². The summed E-state index contributed by atoms with van der Waals surface area (Å²) >= 11 is 11.8. The van der Waals surface area contributed by atoms with Crippen LogP contribution < -0.4 is 5.73 Å². The Labute approximate surface area is 92.9 Å². The molecule has 0 saturated heterocycles. The molecule has 0 aliphatic heterocycles. The average molecular weight is 235 g/mol. The summed E-state index contributed by atoms with van der Waals surface area (Å²) < 4.78 is 0. The molecule has 0 saturated carbocycles. The molecule has 1 aromatic rings. The average Bonchev–Trinajstić information content (AvgIpc) is 2.14. The number of aliphatic hydroxyl groups excluding tert-OH is 1. The van der Waals surface area contributed by atoms with Crippen molar-refractivity contribution >= 4 is 23.2 Å². The highest BCUT2D eigenvalue weighted by Gasteiger charge is 2.13. The maximum absolute atomic E-state index is 8.67. The number of aliphatic hydroxyl groups is 1. The van der Waals surface area contributed by atoms with Crippen molar-refractivity contribution in [3.8, 4) is 0 Å². The van der Waals surface area contributed by atoms with Crippen LogP contribution in [0.15, 0.2) is 12.4 Å². The molecule has 0 aliphatic rings. The van der Waals surface area contributed by atoms with Gasteiger partial charge in [0, 0.05) is 30.6 Å². The number of hydrogen-bond acceptors (Lipinski definition) is 3. The second-order valence-corrected chi connectivity index (χ2v) is 3.80. The van der Waals surface area contributed by atoms with Crippen molar-refractivity contribution in [3.63, 3.8) is 0 Å². The third-order valence-electron chi connectivity index (χ3n) is 1.93. The number of hydrogen-bond donors (Lipinski definition) is 2. The SMILES string of the molecule is N[C@@H](CCCO)c1c(Cl)cncc1Cl. The van der Waals surface area contributed by atoms with Gasteiger partial charge in [-0.05, 0) is 12.8 Å². The van der Waals surface area contributed by atoms with Gasteiger partial charge in [0.05, 0.1) is 10.0 Å². The van der Waals surface area contributed by atoms with Crippen LogP contribution in [0.3, 0.4) is 0 Å². The summed E-state index contributed by atoms with van der Waals surface area (Å²) in [7, 11) is 0. The number of nitrogens with zero attached hydrogens (tertiary/aromatic N) is 1. The highest BCUT2D eigenvalue weighted by molar-refractivity contribution is 6.35. The molecule has 0 unspecified atom stereocenters. The van der Waals surface area contributed by atoms with E-state index in [1.165, 1.54) is 12.4 Å². The van der Waals surface area contributed by atoms with E-state index in [1.54, 1.807) is 0 Å². The summed E-state index contributed by atoms with van der Waals surface area (Å²) in [6.07, 6.45) is 4.32. The van der Waals surface area contributed by atoms with Crippen molar-refractivity contribution in [1.29, 1.82) is 0 Å².